The van der Waals surface area contributed by atoms with Crippen molar-refractivity contribution < 1.29 is 23.9 Å². The zero-order valence-corrected chi connectivity index (χ0v) is 17.6. The molecule has 0 spiro atoms. The summed E-state index contributed by atoms with van der Waals surface area (Å²) < 4.78 is 10.6. The highest BCUT2D eigenvalue weighted by Crippen LogP contribution is 2.40. The Labute approximate surface area is 171 Å². The Morgan fingerprint density at radius 1 is 1.07 bits per heavy atom. The first kappa shape index (κ1) is 22.4. The van der Waals surface area contributed by atoms with Crippen molar-refractivity contribution >= 4 is 18.2 Å². The molecule has 1 aliphatic rings. The van der Waals surface area contributed by atoms with Gasteiger partial charge in [-0.3, -0.25) is 4.79 Å². The Balaban J connectivity index is 2.79. The highest BCUT2D eigenvalue weighted by atomic mass is 16.5. The van der Waals surface area contributed by atoms with Gasteiger partial charge in [0.05, 0.1) is 30.3 Å². The second-order valence-corrected chi connectivity index (χ2v) is 6.91. The Kier molecular flexibility index (Phi) is 7.73. The van der Waals surface area contributed by atoms with E-state index in [1.165, 1.54) is 0 Å². The number of hydrogen-bond donors (Lipinski definition) is 1. The van der Waals surface area contributed by atoms with E-state index in [-0.39, 0.29) is 13.2 Å². The van der Waals surface area contributed by atoms with Crippen LogP contribution in [0.25, 0.3) is 0 Å². The molecule has 7 nitrogen and oxygen atoms in total. The smallest absolute Gasteiger partial charge is 0.336 e. The van der Waals surface area contributed by atoms with Crippen LogP contribution in [0.1, 0.15) is 42.6 Å². The molecule has 0 radical (unpaired) electrons. The fourth-order valence-corrected chi connectivity index (χ4v) is 3.46. The molecule has 29 heavy (non-hydrogen) atoms. The van der Waals surface area contributed by atoms with Gasteiger partial charge in [0, 0.05) is 23.5 Å². The molecule has 0 amide bonds. The summed E-state index contributed by atoms with van der Waals surface area (Å²) >= 11 is 0. The Morgan fingerprint density at radius 2 is 1.66 bits per heavy atom. The Hall–Kier alpha value is -2.93. The van der Waals surface area contributed by atoms with Crippen LogP contribution in [0.3, 0.4) is 0 Å². The maximum Gasteiger partial charge on any atom is 0.336 e. The molecule has 0 fully saturated rings. The summed E-state index contributed by atoms with van der Waals surface area (Å²) in [4.78, 5) is 39.5. The third-order valence-electron chi connectivity index (χ3n) is 4.54. The second kappa shape index (κ2) is 10.0. The minimum absolute atomic E-state index is 0.192. The van der Waals surface area contributed by atoms with Gasteiger partial charge < -0.3 is 19.7 Å². The summed E-state index contributed by atoms with van der Waals surface area (Å²) in [5.74, 6) is -1.84. The van der Waals surface area contributed by atoms with Crippen molar-refractivity contribution in [1.29, 1.82) is 0 Å². The lowest BCUT2D eigenvalue weighted by molar-refractivity contribution is -0.139. The number of carbonyl (C=O) groups is 3. The minimum Gasteiger partial charge on any atom is -0.463 e. The number of benzene rings is 1. The number of likely N-dealkylation sites (N-methyl/N-ethyl adjacent to an activating group) is 1. The van der Waals surface area contributed by atoms with Gasteiger partial charge in [-0.25, -0.2) is 9.59 Å². The van der Waals surface area contributed by atoms with Crippen LogP contribution in [0.2, 0.25) is 0 Å². The summed E-state index contributed by atoms with van der Waals surface area (Å²) in [6.45, 7) is 6.03. The monoisotopic (exact) mass is 400 g/mol. The first-order valence-corrected chi connectivity index (χ1v) is 9.59. The highest BCUT2D eigenvalue weighted by molar-refractivity contribution is 6.00. The topological polar surface area (TPSA) is 84.9 Å². The third kappa shape index (κ3) is 4.92. The average molecular weight is 400 g/mol. The number of allylic oxidation sites excluding steroid dienone is 1. The molecule has 1 aliphatic heterocycles. The number of dihydropyridines is 1. The number of nitrogens with zero attached hydrogens (tertiary/aromatic N) is 1. The van der Waals surface area contributed by atoms with Crippen LogP contribution >= 0.6 is 0 Å². The molecule has 1 atom stereocenters. The standard InChI is InChI=1S/C22H28N2O5/c1-6-28-21(26)18-14(3)23-17(12-24(4)5)20(22(27)29-7-2)19(18)16-11-9-8-10-15(16)13-25/h8-11,13,19,23H,6-7,12H2,1-5H3. The first-order valence-electron chi connectivity index (χ1n) is 9.59. The van der Waals surface area contributed by atoms with E-state index in [1.54, 1.807) is 45.0 Å². The van der Waals surface area contributed by atoms with Crippen LogP contribution in [0.5, 0.6) is 0 Å². The molecule has 0 saturated heterocycles. The largest absolute Gasteiger partial charge is 0.463 e. The predicted octanol–water partition coefficient (Wildman–Crippen LogP) is 2.40. The van der Waals surface area contributed by atoms with Crippen molar-refractivity contribution in [3.8, 4) is 0 Å². The number of esters is 2. The van der Waals surface area contributed by atoms with Gasteiger partial charge in [0.2, 0.25) is 0 Å². The zero-order chi connectivity index (χ0) is 21.6. The molecule has 0 bridgehead atoms. The van der Waals surface area contributed by atoms with Crippen LogP contribution < -0.4 is 5.32 Å². The van der Waals surface area contributed by atoms with Crippen LogP contribution in [0.4, 0.5) is 0 Å². The van der Waals surface area contributed by atoms with E-state index in [9.17, 15) is 14.4 Å². The van der Waals surface area contributed by atoms with Gasteiger partial charge in [0.25, 0.3) is 0 Å². The van der Waals surface area contributed by atoms with Crippen LogP contribution in [-0.2, 0) is 19.1 Å². The van der Waals surface area contributed by atoms with Gasteiger partial charge in [-0.2, -0.15) is 0 Å². The van der Waals surface area contributed by atoms with Gasteiger partial charge in [0.15, 0.2) is 0 Å². The van der Waals surface area contributed by atoms with E-state index >= 15 is 0 Å². The van der Waals surface area contributed by atoms with Crippen LogP contribution in [-0.4, -0.2) is 57.0 Å². The number of ether oxygens (including phenoxy) is 2. The molecule has 0 saturated carbocycles. The van der Waals surface area contributed by atoms with Gasteiger partial charge >= 0.3 is 11.9 Å². The van der Waals surface area contributed by atoms with Gasteiger partial charge in [-0.05, 0) is 40.4 Å². The maximum absolute atomic E-state index is 13.0. The summed E-state index contributed by atoms with van der Waals surface area (Å²) in [7, 11) is 3.76. The normalized spacial score (nSPS) is 16.6. The molecular formula is C22H28N2O5. The zero-order valence-electron chi connectivity index (χ0n) is 17.6. The fourth-order valence-electron chi connectivity index (χ4n) is 3.46. The summed E-state index contributed by atoms with van der Waals surface area (Å²) in [6, 6.07) is 6.93. The van der Waals surface area contributed by atoms with E-state index < -0.39 is 17.9 Å². The lowest BCUT2D eigenvalue weighted by atomic mass is 9.78. The fraction of sp³-hybridized carbons (Fsp3) is 0.409. The third-order valence-corrected chi connectivity index (χ3v) is 4.54. The summed E-state index contributed by atoms with van der Waals surface area (Å²) in [6.07, 6.45) is 0.726. The maximum atomic E-state index is 13.0. The number of hydrogen-bond acceptors (Lipinski definition) is 7. The summed E-state index contributed by atoms with van der Waals surface area (Å²) in [5.41, 5.74) is 2.78. The molecule has 2 rings (SSSR count). The molecule has 0 aromatic heterocycles. The average Bonchev–Trinajstić information content (AvgIpc) is 2.67. The Bertz CT molecular complexity index is 855. The summed E-state index contributed by atoms with van der Waals surface area (Å²) in [5, 5.41) is 3.19. The van der Waals surface area contributed by atoms with Gasteiger partial charge in [-0.1, -0.05) is 24.3 Å². The molecule has 7 heteroatoms. The van der Waals surface area contributed by atoms with E-state index in [2.05, 4.69) is 5.32 Å². The number of nitrogens with one attached hydrogen (secondary N) is 1. The predicted molar refractivity (Wildman–Crippen MR) is 109 cm³/mol. The SMILES string of the molecule is CCOC(=O)C1=C(C)NC(CN(C)C)=C(C(=O)OCC)C1c1ccccc1C=O. The van der Waals surface area contributed by atoms with Crippen molar-refractivity contribution in [1.82, 2.24) is 10.2 Å². The van der Waals surface area contributed by atoms with Crippen molar-refractivity contribution in [3.05, 3.63) is 57.9 Å². The Morgan fingerprint density at radius 3 is 2.21 bits per heavy atom. The van der Waals surface area contributed by atoms with Gasteiger partial charge in [0.1, 0.15) is 6.29 Å². The van der Waals surface area contributed by atoms with E-state index in [0.717, 1.165) is 6.29 Å². The molecule has 0 aliphatic carbocycles. The minimum atomic E-state index is -0.773. The van der Waals surface area contributed by atoms with Crippen molar-refractivity contribution in [2.45, 2.75) is 26.7 Å². The quantitative estimate of drug-likeness (QED) is 0.530. The lowest BCUT2D eigenvalue weighted by Gasteiger charge is -2.33. The van der Waals surface area contributed by atoms with Crippen molar-refractivity contribution in [2.24, 2.45) is 0 Å². The lowest BCUT2D eigenvalue weighted by Crippen LogP contribution is -2.37. The number of rotatable bonds is 8. The van der Waals surface area contributed by atoms with Gasteiger partial charge in [-0.15, -0.1) is 0 Å². The molecule has 156 valence electrons. The van der Waals surface area contributed by atoms with Crippen LogP contribution in [0, 0.1) is 0 Å². The molecular weight excluding hydrogens is 372 g/mol. The van der Waals surface area contributed by atoms with E-state index in [1.807, 2.05) is 19.0 Å². The van der Waals surface area contributed by atoms with E-state index in [0.29, 0.717) is 40.2 Å². The van der Waals surface area contributed by atoms with Crippen LogP contribution in [0.15, 0.2) is 46.8 Å². The molecule has 1 heterocycles. The second-order valence-electron chi connectivity index (χ2n) is 6.91. The van der Waals surface area contributed by atoms with Crippen molar-refractivity contribution in [2.75, 3.05) is 33.9 Å². The highest BCUT2D eigenvalue weighted by Gasteiger charge is 2.39. The number of carbonyl (C=O) groups excluding carboxylic acids is 3. The first-order chi connectivity index (χ1) is 13.8. The molecule has 1 N–H and O–H groups in total. The molecule has 1 aromatic rings. The molecule has 1 unspecified atom stereocenters. The van der Waals surface area contributed by atoms with Crippen molar-refractivity contribution in [3.63, 3.8) is 0 Å². The number of aldehydes is 1. The molecule has 1 aromatic carbocycles. The van der Waals surface area contributed by atoms with E-state index in [4.69, 9.17) is 9.47 Å².